The molecule has 19 heavy (non-hydrogen) atoms. The van der Waals surface area contributed by atoms with Gasteiger partial charge in [0.1, 0.15) is 5.75 Å². The Bertz CT molecular complexity index is 608. The number of rotatable bonds is 2. The standard InChI is InChI=1S/C13H14N4O2/c14-10-7-15-17-12(10)16-13(18)9-5-6-19-11-4-2-1-3-8(9)11/h1-4,7,9H,5-6,14H2,(H2,15,16,17,18). The summed E-state index contributed by atoms with van der Waals surface area (Å²) >= 11 is 0. The fourth-order valence-corrected chi connectivity index (χ4v) is 2.22. The first-order valence-electron chi connectivity index (χ1n) is 6.07. The van der Waals surface area contributed by atoms with Gasteiger partial charge in [0.05, 0.1) is 24.4 Å². The monoisotopic (exact) mass is 258 g/mol. The van der Waals surface area contributed by atoms with Crippen molar-refractivity contribution in [3.8, 4) is 5.75 Å². The highest BCUT2D eigenvalue weighted by Gasteiger charge is 2.27. The molecule has 1 aromatic carbocycles. The van der Waals surface area contributed by atoms with Crippen molar-refractivity contribution in [3.05, 3.63) is 36.0 Å². The van der Waals surface area contributed by atoms with Crippen LogP contribution in [0.5, 0.6) is 5.75 Å². The van der Waals surface area contributed by atoms with Crippen molar-refractivity contribution in [1.82, 2.24) is 10.2 Å². The van der Waals surface area contributed by atoms with Crippen LogP contribution in [0.2, 0.25) is 0 Å². The molecule has 1 atom stereocenters. The first kappa shape index (κ1) is 11.6. The number of hydrogen-bond acceptors (Lipinski definition) is 4. The molecule has 2 heterocycles. The molecule has 0 saturated heterocycles. The van der Waals surface area contributed by atoms with Crippen molar-refractivity contribution in [1.29, 1.82) is 0 Å². The molecule has 1 unspecified atom stereocenters. The summed E-state index contributed by atoms with van der Waals surface area (Å²) in [6.07, 6.45) is 2.12. The van der Waals surface area contributed by atoms with E-state index in [1.54, 1.807) is 0 Å². The number of nitrogen functional groups attached to an aromatic ring is 1. The van der Waals surface area contributed by atoms with Gasteiger partial charge in [-0.2, -0.15) is 5.10 Å². The van der Waals surface area contributed by atoms with Crippen LogP contribution in [-0.4, -0.2) is 22.7 Å². The van der Waals surface area contributed by atoms with Crippen LogP contribution in [-0.2, 0) is 4.79 Å². The Morgan fingerprint density at radius 1 is 1.47 bits per heavy atom. The first-order valence-corrected chi connectivity index (χ1v) is 6.07. The van der Waals surface area contributed by atoms with Crippen LogP contribution in [0, 0.1) is 0 Å². The van der Waals surface area contributed by atoms with Gasteiger partial charge in [-0.25, -0.2) is 0 Å². The van der Waals surface area contributed by atoms with Crippen molar-refractivity contribution >= 4 is 17.4 Å². The summed E-state index contributed by atoms with van der Waals surface area (Å²) in [6.45, 7) is 0.535. The van der Waals surface area contributed by atoms with Gasteiger partial charge in [0, 0.05) is 5.56 Å². The number of nitrogens with zero attached hydrogens (tertiary/aromatic N) is 1. The Morgan fingerprint density at radius 2 is 2.32 bits per heavy atom. The highest BCUT2D eigenvalue weighted by molar-refractivity contribution is 5.97. The number of carbonyl (C=O) groups excluding carboxylic acids is 1. The van der Waals surface area contributed by atoms with Gasteiger partial charge in [-0.1, -0.05) is 18.2 Å². The number of benzene rings is 1. The Morgan fingerprint density at radius 3 is 3.11 bits per heavy atom. The second-order valence-electron chi connectivity index (χ2n) is 4.42. The summed E-state index contributed by atoms with van der Waals surface area (Å²) in [4.78, 5) is 12.3. The Labute approximate surface area is 110 Å². The van der Waals surface area contributed by atoms with E-state index in [2.05, 4.69) is 15.5 Å². The molecule has 98 valence electrons. The third kappa shape index (κ3) is 2.12. The van der Waals surface area contributed by atoms with Gasteiger partial charge < -0.3 is 15.8 Å². The lowest BCUT2D eigenvalue weighted by Gasteiger charge is -2.24. The van der Waals surface area contributed by atoms with Gasteiger partial charge in [0.15, 0.2) is 5.82 Å². The topological polar surface area (TPSA) is 93.0 Å². The fourth-order valence-electron chi connectivity index (χ4n) is 2.22. The highest BCUT2D eigenvalue weighted by Crippen LogP contribution is 2.34. The van der Waals surface area contributed by atoms with Crippen LogP contribution in [0.25, 0.3) is 0 Å². The predicted octanol–water partition coefficient (Wildman–Crippen LogP) is 1.50. The summed E-state index contributed by atoms with van der Waals surface area (Å²) in [5.74, 6) is 0.875. The second-order valence-corrected chi connectivity index (χ2v) is 4.42. The largest absolute Gasteiger partial charge is 0.493 e. The molecule has 6 heteroatoms. The van der Waals surface area contributed by atoms with Gasteiger partial charge in [0.2, 0.25) is 5.91 Å². The number of ether oxygens (including phenoxy) is 1. The Balaban J connectivity index is 1.84. The summed E-state index contributed by atoms with van der Waals surface area (Å²) < 4.78 is 5.54. The van der Waals surface area contributed by atoms with Gasteiger partial charge in [0.25, 0.3) is 0 Å². The molecule has 1 aliphatic heterocycles. The molecule has 0 aliphatic carbocycles. The lowest BCUT2D eigenvalue weighted by Crippen LogP contribution is -2.26. The van der Waals surface area contributed by atoms with Gasteiger partial charge in [-0.05, 0) is 12.5 Å². The van der Waals surface area contributed by atoms with Crippen molar-refractivity contribution in [2.24, 2.45) is 0 Å². The van der Waals surface area contributed by atoms with Gasteiger partial charge >= 0.3 is 0 Å². The van der Waals surface area contributed by atoms with Crippen molar-refractivity contribution in [3.63, 3.8) is 0 Å². The summed E-state index contributed by atoms with van der Waals surface area (Å²) in [5.41, 5.74) is 7.01. The van der Waals surface area contributed by atoms with E-state index < -0.39 is 0 Å². The zero-order chi connectivity index (χ0) is 13.2. The number of hydrogen-bond donors (Lipinski definition) is 3. The van der Waals surface area contributed by atoms with Crippen LogP contribution < -0.4 is 15.8 Å². The zero-order valence-corrected chi connectivity index (χ0v) is 10.2. The molecular weight excluding hydrogens is 244 g/mol. The van der Waals surface area contributed by atoms with Crippen molar-refractivity contribution in [2.75, 3.05) is 17.7 Å². The summed E-state index contributed by atoms with van der Waals surface area (Å²) in [5, 5.41) is 9.20. The number of fused-ring (bicyclic) bond motifs is 1. The van der Waals surface area contributed by atoms with Crippen LogP contribution in [0.1, 0.15) is 17.9 Å². The molecule has 0 saturated carbocycles. The van der Waals surface area contributed by atoms with Crippen LogP contribution in [0.3, 0.4) is 0 Å². The quantitative estimate of drug-likeness (QED) is 0.761. The number of para-hydroxylation sites is 1. The van der Waals surface area contributed by atoms with Crippen molar-refractivity contribution in [2.45, 2.75) is 12.3 Å². The summed E-state index contributed by atoms with van der Waals surface area (Å²) in [6, 6.07) is 7.58. The maximum atomic E-state index is 12.3. The van der Waals surface area contributed by atoms with E-state index in [0.29, 0.717) is 24.5 Å². The van der Waals surface area contributed by atoms with E-state index >= 15 is 0 Å². The molecule has 6 nitrogen and oxygen atoms in total. The van der Waals surface area contributed by atoms with Gasteiger partial charge in [-0.3, -0.25) is 9.89 Å². The average Bonchev–Trinajstić information content (AvgIpc) is 2.83. The lowest BCUT2D eigenvalue weighted by atomic mass is 9.92. The smallest absolute Gasteiger partial charge is 0.233 e. The minimum Gasteiger partial charge on any atom is -0.493 e. The van der Waals surface area contributed by atoms with Crippen LogP contribution in [0.4, 0.5) is 11.5 Å². The fraction of sp³-hybridized carbons (Fsp3) is 0.231. The molecule has 0 radical (unpaired) electrons. The molecule has 1 aliphatic rings. The van der Waals surface area contributed by atoms with Gasteiger partial charge in [-0.15, -0.1) is 0 Å². The zero-order valence-electron chi connectivity index (χ0n) is 10.2. The number of nitrogens with two attached hydrogens (primary N) is 1. The molecular formula is C13H14N4O2. The minimum absolute atomic E-state index is 0.105. The third-order valence-electron chi connectivity index (χ3n) is 3.19. The molecule has 3 rings (SSSR count). The number of H-pyrrole nitrogens is 1. The maximum Gasteiger partial charge on any atom is 0.233 e. The van der Waals surface area contributed by atoms with E-state index in [1.165, 1.54) is 6.20 Å². The van der Waals surface area contributed by atoms with E-state index in [1.807, 2.05) is 24.3 Å². The molecule has 0 bridgehead atoms. The highest BCUT2D eigenvalue weighted by atomic mass is 16.5. The molecule has 0 fully saturated rings. The van der Waals surface area contributed by atoms with Crippen molar-refractivity contribution < 1.29 is 9.53 Å². The van der Waals surface area contributed by atoms with E-state index in [0.717, 1.165) is 11.3 Å². The number of anilines is 2. The number of nitrogens with one attached hydrogen (secondary N) is 2. The predicted molar refractivity (Wildman–Crippen MR) is 70.9 cm³/mol. The SMILES string of the molecule is Nc1cn[nH]c1NC(=O)C1CCOc2ccccc21. The number of aromatic amines is 1. The second kappa shape index (κ2) is 4.64. The Kier molecular flexibility index (Phi) is 2.83. The average molecular weight is 258 g/mol. The number of aromatic nitrogens is 2. The maximum absolute atomic E-state index is 12.3. The number of amides is 1. The van der Waals surface area contributed by atoms with E-state index in [4.69, 9.17) is 10.5 Å². The normalized spacial score (nSPS) is 17.4. The first-order chi connectivity index (χ1) is 9.25. The number of carbonyl (C=O) groups is 1. The lowest BCUT2D eigenvalue weighted by molar-refractivity contribution is -0.118. The molecule has 4 N–H and O–H groups in total. The molecule has 0 spiro atoms. The van der Waals surface area contributed by atoms with E-state index in [-0.39, 0.29) is 11.8 Å². The van der Waals surface area contributed by atoms with Crippen LogP contribution in [0.15, 0.2) is 30.5 Å². The Hall–Kier alpha value is -2.50. The molecule has 1 aromatic heterocycles. The minimum atomic E-state index is -0.229. The third-order valence-corrected chi connectivity index (χ3v) is 3.19. The van der Waals surface area contributed by atoms with E-state index in [9.17, 15) is 4.79 Å². The van der Waals surface area contributed by atoms with Crippen LogP contribution >= 0.6 is 0 Å². The molecule has 1 amide bonds. The molecule has 2 aromatic rings. The summed E-state index contributed by atoms with van der Waals surface area (Å²) in [7, 11) is 0.